The van der Waals surface area contributed by atoms with Gasteiger partial charge in [0, 0.05) is 23.2 Å². The highest BCUT2D eigenvalue weighted by Crippen LogP contribution is 2.27. The van der Waals surface area contributed by atoms with Crippen LogP contribution in [0.25, 0.3) is 11.3 Å². The lowest BCUT2D eigenvalue weighted by molar-refractivity contribution is 0.0887. The van der Waals surface area contributed by atoms with E-state index in [1.807, 2.05) is 24.3 Å². The molecule has 1 aliphatic rings. The Labute approximate surface area is 174 Å². The van der Waals surface area contributed by atoms with Crippen molar-refractivity contribution in [1.82, 2.24) is 15.4 Å². The minimum Gasteiger partial charge on any atom is -0.468 e. The van der Waals surface area contributed by atoms with Crippen LogP contribution in [0, 0.1) is 5.92 Å². The van der Waals surface area contributed by atoms with Crippen molar-refractivity contribution in [3.63, 3.8) is 0 Å². The number of benzene rings is 1. The number of aromatic nitrogens is 1. The predicted octanol–water partition coefficient (Wildman–Crippen LogP) is 4.79. The summed E-state index contributed by atoms with van der Waals surface area (Å²) in [6.07, 6.45) is 3.98. The van der Waals surface area contributed by atoms with E-state index >= 15 is 0 Å². The lowest BCUT2D eigenvalue weighted by Gasteiger charge is -2.35. The van der Waals surface area contributed by atoms with Crippen LogP contribution in [0.5, 0.6) is 0 Å². The molecule has 0 aliphatic carbocycles. The zero-order valence-corrected chi connectivity index (χ0v) is 17.1. The Hall–Kier alpha value is -2.57. The van der Waals surface area contributed by atoms with Crippen molar-refractivity contribution in [2.75, 3.05) is 19.6 Å². The Morgan fingerprint density at radius 3 is 2.72 bits per heavy atom. The van der Waals surface area contributed by atoms with Crippen LogP contribution >= 0.6 is 11.6 Å². The third-order valence-corrected chi connectivity index (χ3v) is 5.71. The molecule has 0 bridgehead atoms. The second kappa shape index (κ2) is 8.84. The first-order valence-corrected chi connectivity index (χ1v) is 10.3. The van der Waals surface area contributed by atoms with Gasteiger partial charge in [-0.1, -0.05) is 23.7 Å². The van der Waals surface area contributed by atoms with Crippen LogP contribution in [0.2, 0.25) is 5.02 Å². The van der Waals surface area contributed by atoms with Crippen molar-refractivity contribution in [2.24, 2.45) is 5.92 Å². The van der Waals surface area contributed by atoms with E-state index in [2.05, 4.69) is 22.3 Å². The highest BCUT2D eigenvalue weighted by molar-refractivity contribution is 6.30. The SMILES string of the molecule is CC1CCN(C(CNC(=O)c2cc(-c3ccc(Cl)cc3)on2)c2ccco2)CC1. The lowest BCUT2D eigenvalue weighted by atomic mass is 9.97. The minimum absolute atomic E-state index is 0.00378. The van der Waals surface area contributed by atoms with Crippen LogP contribution in [-0.2, 0) is 0 Å². The molecule has 0 spiro atoms. The number of likely N-dealkylation sites (tertiary alicyclic amines) is 1. The Morgan fingerprint density at radius 1 is 1.28 bits per heavy atom. The van der Waals surface area contributed by atoms with Gasteiger partial charge in [-0.15, -0.1) is 0 Å². The van der Waals surface area contributed by atoms with Crippen LogP contribution in [0.1, 0.15) is 42.1 Å². The van der Waals surface area contributed by atoms with E-state index in [0.29, 0.717) is 17.3 Å². The summed E-state index contributed by atoms with van der Waals surface area (Å²) in [5.74, 6) is 1.86. The number of halogens is 1. The molecule has 1 fully saturated rings. The number of carbonyl (C=O) groups is 1. The summed E-state index contributed by atoms with van der Waals surface area (Å²) < 4.78 is 11.0. The normalized spacial score (nSPS) is 16.6. The molecule has 1 aliphatic heterocycles. The van der Waals surface area contributed by atoms with Crippen LogP contribution in [0.15, 0.2) is 57.7 Å². The molecule has 1 aromatic carbocycles. The van der Waals surface area contributed by atoms with Gasteiger partial charge in [0.15, 0.2) is 11.5 Å². The molecule has 1 unspecified atom stereocenters. The largest absolute Gasteiger partial charge is 0.468 e. The van der Waals surface area contributed by atoms with Crippen LogP contribution in [-0.4, -0.2) is 35.6 Å². The summed E-state index contributed by atoms with van der Waals surface area (Å²) in [5.41, 5.74) is 1.07. The number of carbonyl (C=O) groups excluding carboxylic acids is 1. The van der Waals surface area contributed by atoms with Crippen molar-refractivity contribution < 1.29 is 13.7 Å². The molecular weight excluding hydrogens is 390 g/mol. The lowest BCUT2D eigenvalue weighted by Crippen LogP contribution is -2.41. The van der Waals surface area contributed by atoms with Crippen molar-refractivity contribution in [3.8, 4) is 11.3 Å². The second-order valence-corrected chi connectivity index (χ2v) is 7.98. The average molecular weight is 414 g/mol. The van der Waals surface area contributed by atoms with Gasteiger partial charge in [-0.2, -0.15) is 0 Å². The summed E-state index contributed by atoms with van der Waals surface area (Å²) in [7, 11) is 0. The maximum Gasteiger partial charge on any atom is 0.273 e. The smallest absolute Gasteiger partial charge is 0.273 e. The fourth-order valence-corrected chi connectivity index (χ4v) is 3.77. The number of furan rings is 1. The molecule has 2 aromatic heterocycles. The van der Waals surface area contributed by atoms with Gasteiger partial charge in [-0.25, -0.2) is 0 Å². The summed E-state index contributed by atoms with van der Waals surface area (Å²) in [6.45, 7) is 4.72. The highest BCUT2D eigenvalue weighted by atomic mass is 35.5. The second-order valence-electron chi connectivity index (χ2n) is 7.54. The molecule has 29 heavy (non-hydrogen) atoms. The first-order valence-electron chi connectivity index (χ1n) is 9.88. The van der Waals surface area contributed by atoms with E-state index in [1.54, 1.807) is 24.5 Å². The van der Waals surface area contributed by atoms with E-state index in [9.17, 15) is 4.79 Å². The number of hydrogen-bond donors (Lipinski definition) is 1. The summed E-state index contributed by atoms with van der Waals surface area (Å²) in [6, 6.07) is 12.7. The fraction of sp³-hybridized carbons (Fsp3) is 0.364. The molecule has 0 saturated carbocycles. The Bertz CT molecular complexity index is 929. The van der Waals surface area contributed by atoms with Crippen molar-refractivity contribution in [3.05, 3.63) is 65.2 Å². The third kappa shape index (κ3) is 4.71. The molecule has 3 aromatic rings. The van der Waals surface area contributed by atoms with E-state index < -0.39 is 0 Å². The molecule has 152 valence electrons. The molecule has 1 N–H and O–H groups in total. The van der Waals surface area contributed by atoms with E-state index in [1.165, 1.54) is 0 Å². The van der Waals surface area contributed by atoms with Gasteiger partial charge in [-0.3, -0.25) is 9.69 Å². The molecule has 1 atom stereocenters. The summed E-state index contributed by atoms with van der Waals surface area (Å²) in [4.78, 5) is 15.0. The van der Waals surface area contributed by atoms with Gasteiger partial charge in [0.1, 0.15) is 5.76 Å². The zero-order valence-electron chi connectivity index (χ0n) is 16.3. The molecule has 0 radical (unpaired) electrons. The van der Waals surface area contributed by atoms with Gasteiger partial charge < -0.3 is 14.3 Å². The number of amides is 1. The topological polar surface area (TPSA) is 71.5 Å². The number of hydrogen-bond acceptors (Lipinski definition) is 5. The first-order chi connectivity index (χ1) is 14.1. The van der Waals surface area contributed by atoms with Gasteiger partial charge in [-0.05, 0) is 68.2 Å². The van der Waals surface area contributed by atoms with Gasteiger partial charge in [0.05, 0.1) is 12.3 Å². The summed E-state index contributed by atoms with van der Waals surface area (Å²) >= 11 is 5.92. The van der Waals surface area contributed by atoms with Gasteiger partial charge in [0.25, 0.3) is 5.91 Å². The third-order valence-electron chi connectivity index (χ3n) is 5.46. The average Bonchev–Trinajstić information content (AvgIpc) is 3.42. The van der Waals surface area contributed by atoms with Crippen molar-refractivity contribution in [1.29, 1.82) is 0 Å². The van der Waals surface area contributed by atoms with Gasteiger partial charge in [0.2, 0.25) is 0 Å². The molecule has 6 nitrogen and oxygen atoms in total. The van der Waals surface area contributed by atoms with Crippen molar-refractivity contribution >= 4 is 17.5 Å². The van der Waals surface area contributed by atoms with Crippen LogP contribution < -0.4 is 5.32 Å². The monoisotopic (exact) mass is 413 g/mol. The van der Waals surface area contributed by atoms with Crippen LogP contribution in [0.3, 0.4) is 0 Å². The Morgan fingerprint density at radius 2 is 2.03 bits per heavy atom. The van der Waals surface area contributed by atoms with E-state index in [0.717, 1.165) is 43.2 Å². The molecule has 1 saturated heterocycles. The molecule has 3 heterocycles. The molecule has 4 rings (SSSR count). The maximum atomic E-state index is 12.6. The minimum atomic E-state index is -0.268. The molecular formula is C22H24ClN3O3. The maximum absolute atomic E-state index is 12.6. The fourth-order valence-electron chi connectivity index (χ4n) is 3.64. The van der Waals surface area contributed by atoms with Gasteiger partial charge >= 0.3 is 0 Å². The molecule has 1 amide bonds. The number of rotatable bonds is 6. The standard InChI is InChI=1S/C22H24ClN3O3/c1-15-8-10-26(11-9-15)19(20-3-2-12-28-20)14-24-22(27)18-13-21(29-25-18)16-4-6-17(23)7-5-16/h2-7,12-13,15,19H,8-11,14H2,1H3,(H,24,27). The highest BCUT2D eigenvalue weighted by Gasteiger charge is 2.27. The first kappa shape index (κ1) is 19.7. The predicted molar refractivity (Wildman–Crippen MR) is 111 cm³/mol. The zero-order chi connectivity index (χ0) is 20.2. The van der Waals surface area contributed by atoms with Crippen molar-refractivity contribution in [2.45, 2.75) is 25.8 Å². The summed E-state index contributed by atoms with van der Waals surface area (Å²) in [5, 5.41) is 7.55. The quantitative estimate of drug-likeness (QED) is 0.629. The number of nitrogens with zero attached hydrogens (tertiary/aromatic N) is 2. The Kier molecular flexibility index (Phi) is 6.02. The van der Waals surface area contributed by atoms with E-state index in [4.69, 9.17) is 20.5 Å². The number of piperidine rings is 1. The Balaban J connectivity index is 1.42. The molecule has 7 heteroatoms. The number of nitrogens with one attached hydrogen (secondary N) is 1. The van der Waals surface area contributed by atoms with Crippen LogP contribution in [0.4, 0.5) is 0 Å². The van der Waals surface area contributed by atoms with E-state index in [-0.39, 0.29) is 17.6 Å².